The summed E-state index contributed by atoms with van der Waals surface area (Å²) in [4.78, 5) is 15.3. The number of piperidine rings is 1. The van der Waals surface area contributed by atoms with Gasteiger partial charge in [0.25, 0.3) is 0 Å². The van der Waals surface area contributed by atoms with Crippen LogP contribution in [0.25, 0.3) is 0 Å². The van der Waals surface area contributed by atoms with Crippen LogP contribution in [0.5, 0.6) is 0 Å². The second kappa shape index (κ2) is 5.77. The number of fused-ring (bicyclic) bond motifs is 2. The van der Waals surface area contributed by atoms with Crippen LogP contribution in [0.1, 0.15) is 29.5 Å². The average Bonchev–Trinajstić information content (AvgIpc) is 2.86. The summed E-state index contributed by atoms with van der Waals surface area (Å²) in [6.07, 6.45) is 1.51. The van der Waals surface area contributed by atoms with Crippen molar-refractivity contribution in [2.75, 3.05) is 18.0 Å². The molecule has 0 saturated carbocycles. The highest BCUT2D eigenvalue weighted by atomic mass is 16.2. The highest BCUT2D eigenvalue weighted by Crippen LogP contribution is 2.49. The number of carbonyl (C=O) groups excluding carboxylic acids is 1. The predicted molar refractivity (Wildman–Crippen MR) is 92.6 cm³/mol. The quantitative estimate of drug-likeness (QED) is 0.926. The maximum atomic E-state index is 13.4. The Labute approximate surface area is 141 Å². The SMILES string of the molecule is N#Cc1cccc2c1C1(CCNCC1)C(=O)N2Cc1ccccc1. The molecule has 0 bridgehead atoms. The molecule has 4 heteroatoms. The molecule has 2 aromatic carbocycles. The molecule has 0 atom stereocenters. The molecule has 0 radical (unpaired) electrons. The van der Waals surface area contributed by atoms with Crippen LogP contribution >= 0.6 is 0 Å². The van der Waals surface area contributed by atoms with E-state index < -0.39 is 5.41 Å². The normalized spacial score (nSPS) is 18.5. The first kappa shape index (κ1) is 14.9. The van der Waals surface area contributed by atoms with Crippen molar-refractivity contribution in [3.05, 3.63) is 65.2 Å². The van der Waals surface area contributed by atoms with Gasteiger partial charge in [-0.1, -0.05) is 36.4 Å². The maximum Gasteiger partial charge on any atom is 0.238 e. The van der Waals surface area contributed by atoms with Crippen molar-refractivity contribution in [2.45, 2.75) is 24.8 Å². The summed E-state index contributed by atoms with van der Waals surface area (Å²) in [5, 5.41) is 12.9. The second-order valence-corrected chi connectivity index (χ2v) is 6.52. The lowest BCUT2D eigenvalue weighted by molar-refractivity contribution is -0.124. The van der Waals surface area contributed by atoms with E-state index in [9.17, 15) is 10.1 Å². The van der Waals surface area contributed by atoms with Gasteiger partial charge in [-0.3, -0.25) is 4.79 Å². The molecule has 0 aromatic heterocycles. The van der Waals surface area contributed by atoms with E-state index in [0.29, 0.717) is 12.1 Å². The number of anilines is 1. The van der Waals surface area contributed by atoms with Gasteiger partial charge in [0.05, 0.1) is 23.6 Å². The van der Waals surface area contributed by atoms with E-state index in [1.807, 2.05) is 53.4 Å². The third-order valence-corrected chi connectivity index (χ3v) is 5.23. The molecule has 4 rings (SSSR count). The molecule has 4 nitrogen and oxygen atoms in total. The van der Waals surface area contributed by atoms with Gasteiger partial charge in [-0.2, -0.15) is 5.26 Å². The predicted octanol–water partition coefficient (Wildman–Crippen LogP) is 2.73. The first-order chi connectivity index (χ1) is 11.8. The third-order valence-electron chi connectivity index (χ3n) is 5.23. The minimum Gasteiger partial charge on any atom is -0.317 e. The number of carbonyl (C=O) groups is 1. The first-order valence-electron chi connectivity index (χ1n) is 8.36. The van der Waals surface area contributed by atoms with E-state index in [1.165, 1.54) is 0 Å². The van der Waals surface area contributed by atoms with Crippen LogP contribution in [0.3, 0.4) is 0 Å². The van der Waals surface area contributed by atoms with Crippen LogP contribution in [-0.4, -0.2) is 19.0 Å². The van der Waals surface area contributed by atoms with Crippen LogP contribution in [0.2, 0.25) is 0 Å². The topological polar surface area (TPSA) is 56.1 Å². The van der Waals surface area contributed by atoms with Crippen molar-refractivity contribution in [2.24, 2.45) is 0 Å². The molecular weight excluding hydrogens is 298 g/mol. The van der Waals surface area contributed by atoms with Crippen molar-refractivity contribution in [3.8, 4) is 6.07 Å². The molecule has 2 aromatic rings. The zero-order valence-electron chi connectivity index (χ0n) is 13.5. The standard InChI is InChI=1S/C20H19N3O/c21-13-16-7-4-8-17-18(16)20(9-11-22-12-10-20)19(24)23(17)14-15-5-2-1-3-6-15/h1-8,22H,9-12,14H2. The highest BCUT2D eigenvalue weighted by Gasteiger charge is 2.52. The van der Waals surface area contributed by atoms with Crippen LogP contribution in [0.15, 0.2) is 48.5 Å². The minimum atomic E-state index is -0.540. The number of hydrogen-bond donors (Lipinski definition) is 1. The molecule has 1 amide bonds. The van der Waals surface area contributed by atoms with E-state index in [2.05, 4.69) is 11.4 Å². The van der Waals surface area contributed by atoms with E-state index in [-0.39, 0.29) is 5.91 Å². The van der Waals surface area contributed by atoms with Crippen molar-refractivity contribution in [1.29, 1.82) is 5.26 Å². The number of nitriles is 1. The van der Waals surface area contributed by atoms with Crippen LogP contribution < -0.4 is 10.2 Å². The second-order valence-electron chi connectivity index (χ2n) is 6.52. The zero-order chi connectivity index (χ0) is 16.6. The monoisotopic (exact) mass is 317 g/mol. The lowest BCUT2D eigenvalue weighted by atomic mass is 9.72. The molecule has 0 aliphatic carbocycles. The Kier molecular flexibility index (Phi) is 3.59. The van der Waals surface area contributed by atoms with Gasteiger partial charge in [0.1, 0.15) is 0 Å². The molecule has 2 aliphatic rings. The van der Waals surface area contributed by atoms with Crippen molar-refractivity contribution in [1.82, 2.24) is 5.32 Å². The fourth-order valence-electron chi connectivity index (χ4n) is 4.08. The molecule has 1 fully saturated rings. The Hall–Kier alpha value is -2.64. The maximum absolute atomic E-state index is 13.4. The van der Waals surface area contributed by atoms with Gasteiger partial charge in [-0.15, -0.1) is 0 Å². The van der Waals surface area contributed by atoms with Gasteiger partial charge in [0.15, 0.2) is 0 Å². The summed E-state index contributed by atoms with van der Waals surface area (Å²) in [7, 11) is 0. The van der Waals surface area contributed by atoms with E-state index >= 15 is 0 Å². The fourth-order valence-corrected chi connectivity index (χ4v) is 4.08. The summed E-state index contributed by atoms with van der Waals surface area (Å²) >= 11 is 0. The number of hydrogen-bond acceptors (Lipinski definition) is 3. The number of nitrogens with one attached hydrogen (secondary N) is 1. The number of benzene rings is 2. The van der Waals surface area contributed by atoms with Gasteiger partial charge in [-0.05, 0) is 43.6 Å². The summed E-state index contributed by atoms with van der Waals surface area (Å²) in [5.74, 6) is 0.144. The Bertz CT molecular complexity index is 817. The Balaban J connectivity index is 1.84. The molecule has 0 unspecified atom stereocenters. The third kappa shape index (κ3) is 2.13. The number of nitrogens with zero attached hydrogens (tertiary/aromatic N) is 2. The van der Waals surface area contributed by atoms with Gasteiger partial charge in [0.2, 0.25) is 5.91 Å². The molecule has 1 N–H and O–H groups in total. The zero-order valence-corrected chi connectivity index (χ0v) is 13.5. The molecule has 1 saturated heterocycles. The lowest BCUT2D eigenvalue weighted by Crippen LogP contribution is -2.47. The van der Waals surface area contributed by atoms with Crippen molar-refractivity contribution < 1.29 is 4.79 Å². The van der Waals surface area contributed by atoms with E-state index in [0.717, 1.165) is 42.7 Å². The van der Waals surface area contributed by atoms with Crippen LogP contribution in [0, 0.1) is 11.3 Å². The van der Waals surface area contributed by atoms with Crippen molar-refractivity contribution >= 4 is 11.6 Å². The minimum absolute atomic E-state index is 0.144. The summed E-state index contributed by atoms with van der Waals surface area (Å²) in [6.45, 7) is 2.17. The Morgan fingerprint density at radius 3 is 2.54 bits per heavy atom. The van der Waals surface area contributed by atoms with Gasteiger partial charge in [0, 0.05) is 11.3 Å². The Morgan fingerprint density at radius 2 is 1.83 bits per heavy atom. The number of amides is 1. The smallest absolute Gasteiger partial charge is 0.238 e. The number of rotatable bonds is 2. The first-order valence-corrected chi connectivity index (χ1v) is 8.36. The van der Waals surface area contributed by atoms with Gasteiger partial charge >= 0.3 is 0 Å². The molecule has 2 aliphatic heterocycles. The summed E-state index contributed by atoms with van der Waals surface area (Å²) in [5.41, 5.74) is 3.05. The largest absolute Gasteiger partial charge is 0.317 e. The molecular formula is C20H19N3O. The highest BCUT2D eigenvalue weighted by molar-refractivity contribution is 6.09. The van der Waals surface area contributed by atoms with Crippen molar-refractivity contribution in [3.63, 3.8) is 0 Å². The molecule has 120 valence electrons. The van der Waals surface area contributed by atoms with Crippen LogP contribution in [-0.2, 0) is 16.8 Å². The fraction of sp³-hybridized carbons (Fsp3) is 0.300. The average molecular weight is 317 g/mol. The summed E-state index contributed by atoms with van der Waals surface area (Å²) in [6, 6.07) is 18.0. The molecule has 24 heavy (non-hydrogen) atoms. The van der Waals surface area contributed by atoms with E-state index in [4.69, 9.17) is 0 Å². The van der Waals surface area contributed by atoms with Gasteiger partial charge < -0.3 is 10.2 Å². The molecule has 1 spiro atoms. The lowest BCUT2D eigenvalue weighted by Gasteiger charge is -2.33. The van der Waals surface area contributed by atoms with Gasteiger partial charge in [-0.25, -0.2) is 0 Å². The molecule has 2 heterocycles. The Morgan fingerprint density at radius 1 is 1.08 bits per heavy atom. The summed E-state index contributed by atoms with van der Waals surface area (Å²) < 4.78 is 0. The van der Waals surface area contributed by atoms with E-state index in [1.54, 1.807) is 0 Å². The van der Waals surface area contributed by atoms with Crippen LogP contribution in [0.4, 0.5) is 5.69 Å².